The number of nitrogen functional groups attached to an aromatic ring is 1. The average Bonchev–Trinajstić information content (AvgIpc) is 3.00. The van der Waals surface area contributed by atoms with Crippen molar-refractivity contribution >= 4 is 28.4 Å². The van der Waals surface area contributed by atoms with E-state index in [-0.39, 0.29) is 17.4 Å². The third-order valence-electron chi connectivity index (χ3n) is 3.75. The SMILES string of the molecule is Nc1nc(C(=O)NCc2ccncc2)cn2c1nc1ccccc12. The molecular formula is C17H14N6O. The zero-order valence-electron chi connectivity index (χ0n) is 12.7. The molecular weight excluding hydrogens is 304 g/mol. The summed E-state index contributed by atoms with van der Waals surface area (Å²) in [5, 5.41) is 2.83. The number of imidazole rings is 1. The van der Waals surface area contributed by atoms with Crippen LogP contribution in [-0.2, 0) is 6.54 Å². The number of amides is 1. The first-order valence-corrected chi connectivity index (χ1v) is 7.43. The van der Waals surface area contributed by atoms with Crippen molar-refractivity contribution in [3.63, 3.8) is 0 Å². The quantitative estimate of drug-likeness (QED) is 0.600. The molecule has 3 aromatic heterocycles. The molecule has 4 rings (SSSR count). The number of nitrogens with zero attached hydrogens (tertiary/aromatic N) is 4. The summed E-state index contributed by atoms with van der Waals surface area (Å²) < 4.78 is 1.79. The predicted octanol–water partition coefficient (Wildman–Crippen LogP) is 1.79. The number of anilines is 1. The van der Waals surface area contributed by atoms with E-state index in [1.54, 1.807) is 23.0 Å². The van der Waals surface area contributed by atoms with Gasteiger partial charge < -0.3 is 11.1 Å². The third-order valence-corrected chi connectivity index (χ3v) is 3.75. The highest BCUT2D eigenvalue weighted by Gasteiger charge is 2.14. The van der Waals surface area contributed by atoms with Crippen molar-refractivity contribution in [1.29, 1.82) is 0 Å². The lowest BCUT2D eigenvalue weighted by atomic mass is 10.2. The molecule has 0 bridgehead atoms. The second kappa shape index (κ2) is 5.62. The molecule has 3 N–H and O–H groups in total. The third kappa shape index (κ3) is 2.41. The minimum Gasteiger partial charge on any atom is -0.381 e. The van der Waals surface area contributed by atoms with E-state index < -0.39 is 0 Å². The van der Waals surface area contributed by atoms with Crippen LogP contribution in [0.2, 0.25) is 0 Å². The van der Waals surface area contributed by atoms with E-state index >= 15 is 0 Å². The molecule has 7 heteroatoms. The Kier molecular flexibility index (Phi) is 3.31. The molecule has 0 radical (unpaired) electrons. The summed E-state index contributed by atoms with van der Waals surface area (Å²) in [4.78, 5) is 25.0. The maximum atomic E-state index is 12.4. The highest BCUT2D eigenvalue weighted by Crippen LogP contribution is 2.19. The van der Waals surface area contributed by atoms with Crippen LogP contribution in [-0.4, -0.2) is 25.3 Å². The summed E-state index contributed by atoms with van der Waals surface area (Å²) in [6, 6.07) is 11.3. The Hall–Kier alpha value is -3.48. The standard InChI is InChI=1S/C17H14N6O/c18-15-16-22-12-3-1-2-4-14(12)23(16)10-13(21-15)17(24)20-9-11-5-7-19-8-6-11/h1-8,10H,9H2,(H2,18,21)(H,20,24). The van der Waals surface area contributed by atoms with Gasteiger partial charge in [-0.05, 0) is 29.8 Å². The lowest BCUT2D eigenvalue weighted by Crippen LogP contribution is -2.24. The molecule has 118 valence electrons. The lowest BCUT2D eigenvalue weighted by molar-refractivity contribution is 0.0945. The largest absolute Gasteiger partial charge is 0.381 e. The maximum absolute atomic E-state index is 12.4. The first kappa shape index (κ1) is 14.1. The van der Waals surface area contributed by atoms with Gasteiger partial charge in [-0.15, -0.1) is 0 Å². The molecule has 0 unspecified atom stereocenters. The minimum atomic E-state index is -0.293. The van der Waals surface area contributed by atoms with Crippen molar-refractivity contribution in [3.8, 4) is 0 Å². The van der Waals surface area contributed by atoms with Gasteiger partial charge in [-0.1, -0.05) is 12.1 Å². The molecule has 4 aromatic rings. The number of benzene rings is 1. The van der Waals surface area contributed by atoms with E-state index in [1.165, 1.54) is 0 Å². The Morgan fingerprint density at radius 1 is 1.12 bits per heavy atom. The Labute approximate surface area is 137 Å². The number of hydrogen-bond donors (Lipinski definition) is 2. The molecule has 0 saturated heterocycles. The van der Waals surface area contributed by atoms with E-state index in [9.17, 15) is 4.79 Å². The molecule has 0 aliphatic heterocycles. The summed E-state index contributed by atoms with van der Waals surface area (Å²) in [5.74, 6) is -0.0686. The fourth-order valence-electron chi connectivity index (χ4n) is 2.57. The topological polar surface area (TPSA) is 98.2 Å². The number of carbonyl (C=O) groups is 1. The van der Waals surface area contributed by atoms with Crippen LogP contribution in [0.25, 0.3) is 16.7 Å². The van der Waals surface area contributed by atoms with Gasteiger partial charge >= 0.3 is 0 Å². The van der Waals surface area contributed by atoms with Crippen LogP contribution in [0.1, 0.15) is 16.1 Å². The molecule has 1 amide bonds. The average molecular weight is 318 g/mol. The number of fused-ring (bicyclic) bond motifs is 3. The van der Waals surface area contributed by atoms with Crippen molar-refractivity contribution < 1.29 is 4.79 Å². The van der Waals surface area contributed by atoms with E-state index in [1.807, 2.05) is 36.4 Å². The first-order valence-electron chi connectivity index (χ1n) is 7.43. The van der Waals surface area contributed by atoms with Crippen LogP contribution < -0.4 is 11.1 Å². The van der Waals surface area contributed by atoms with Crippen molar-refractivity contribution in [2.24, 2.45) is 0 Å². The second-order valence-electron chi connectivity index (χ2n) is 5.34. The Morgan fingerprint density at radius 2 is 1.92 bits per heavy atom. The Bertz CT molecular complexity index is 1040. The summed E-state index contributed by atoms with van der Waals surface area (Å²) in [7, 11) is 0. The van der Waals surface area contributed by atoms with Crippen molar-refractivity contribution in [1.82, 2.24) is 24.7 Å². The van der Waals surface area contributed by atoms with Gasteiger partial charge in [0.2, 0.25) is 0 Å². The van der Waals surface area contributed by atoms with Crippen molar-refractivity contribution in [2.75, 3.05) is 5.73 Å². The molecule has 3 heterocycles. The zero-order valence-corrected chi connectivity index (χ0v) is 12.7. The van der Waals surface area contributed by atoms with Crippen LogP contribution in [0, 0.1) is 0 Å². The second-order valence-corrected chi connectivity index (χ2v) is 5.34. The van der Waals surface area contributed by atoms with Crippen LogP contribution in [0.3, 0.4) is 0 Å². The van der Waals surface area contributed by atoms with Gasteiger partial charge in [0, 0.05) is 25.1 Å². The molecule has 0 fully saturated rings. The van der Waals surface area contributed by atoms with Gasteiger partial charge in [-0.2, -0.15) is 0 Å². The lowest BCUT2D eigenvalue weighted by Gasteiger charge is -2.06. The molecule has 0 saturated carbocycles. The van der Waals surface area contributed by atoms with Gasteiger partial charge in [0.25, 0.3) is 5.91 Å². The van der Waals surface area contributed by atoms with Crippen molar-refractivity contribution in [3.05, 3.63) is 66.2 Å². The van der Waals surface area contributed by atoms with Gasteiger partial charge in [-0.3, -0.25) is 14.2 Å². The molecule has 0 atom stereocenters. The molecule has 24 heavy (non-hydrogen) atoms. The van der Waals surface area contributed by atoms with E-state index in [0.29, 0.717) is 12.2 Å². The number of rotatable bonds is 3. The van der Waals surface area contributed by atoms with Crippen molar-refractivity contribution in [2.45, 2.75) is 6.54 Å². The van der Waals surface area contributed by atoms with Gasteiger partial charge in [0.15, 0.2) is 11.5 Å². The molecule has 0 aliphatic rings. The summed E-state index contributed by atoms with van der Waals surface area (Å²) in [6.07, 6.45) is 5.02. The van der Waals surface area contributed by atoms with E-state index in [0.717, 1.165) is 16.6 Å². The highest BCUT2D eigenvalue weighted by atomic mass is 16.1. The van der Waals surface area contributed by atoms with Gasteiger partial charge in [-0.25, -0.2) is 9.97 Å². The van der Waals surface area contributed by atoms with Gasteiger partial charge in [0.1, 0.15) is 5.69 Å². The number of nitrogens with one attached hydrogen (secondary N) is 1. The highest BCUT2D eigenvalue weighted by molar-refractivity contribution is 5.94. The Balaban J connectivity index is 1.68. The number of nitrogens with two attached hydrogens (primary N) is 1. The summed E-state index contributed by atoms with van der Waals surface area (Å²) in [5.41, 5.74) is 9.42. The van der Waals surface area contributed by atoms with Crippen LogP contribution in [0.5, 0.6) is 0 Å². The fourth-order valence-corrected chi connectivity index (χ4v) is 2.57. The fraction of sp³-hybridized carbons (Fsp3) is 0.0588. The number of carbonyl (C=O) groups excluding carboxylic acids is 1. The molecule has 0 spiro atoms. The molecule has 0 aliphatic carbocycles. The zero-order chi connectivity index (χ0) is 16.5. The van der Waals surface area contributed by atoms with Gasteiger partial charge in [0.05, 0.1) is 11.0 Å². The number of para-hydroxylation sites is 2. The normalized spacial score (nSPS) is 11.0. The number of pyridine rings is 1. The van der Waals surface area contributed by atoms with Crippen LogP contribution in [0.15, 0.2) is 55.0 Å². The summed E-state index contributed by atoms with van der Waals surface area (Å²) in [6.45, 7) is 0.394. The minimum absolute atomic E-state index is 0.225. The molecule has 7 nitrogen and oxygen atoms in total. The number of hydrogen-bond acceptors (Lipinski definition) is 5. The monoisotopic (exact) mass is 318 g/mol. The van der Waals surface area contributed by atoms with E-state index in [2.05, 4.69) is 20.3 Å². The molecule has 1 aromatic carbocycles. The van der Waals surface area contributed by atoms with Crippen LogP contribution in [0.4, 0.5) is 5.82 Å². The van der Waals surface area contributed by atoms with Crippen LogP contribution >= 0.6 is 0 Å². The Morgan fingerprint density at radius 3 is 2.75 bits per heavy atom. The summed E-state index contributed by atoms with van der Waals surface area (Å²) >= 11 is 0. The smallest absolute Gasteiger partial charge is 0.271 e. The maximum Gasteiger partial charge on any atom is 0.271 e. The first-order chi connectivity index (χ1) is 11.7. The van der Waals surface area contributed by atoms with E-state index in [4.69, 9.17) is 5.73 Å². The number of aromatic nitrogens is 4. The predicted molar refractivity (Wildman–Crippen MR) is 90.3 cm³/mol.